The van der Waals surface area contributed by atoms with Crippen LogP contribution in [0.2, 0.25) is 0 Å². The lowest BCUT2D eigenvalue weighted by atomic mass is 10.2. The number of ether oxygens (including phenoxy) is 1. The second-order valence-corrected chi connectivity index (χ2v) is 2.53. The van der Waals surface area contributed by atoms with Crippen LogP contribution in [0.1, 0.15) is 10.4 Å². The quantitative estimate of drug-likeness (QED) is 0.621. The highest BCUT2D eigenvalue weighted by Gasteiger charge is 2.07. The molecule has 13 heavy (non-hydrogen) atoms. The molecule has 0 spiro atoms. The Hall–Kier alpha value is -1.84. The van der Waals surface area contributed by atoms with Gasteiger partial charge in [-0.25, -0.2) is 9.78 Å². The number of benzene rings is 1. The van der Waals surface area contributed by atoms with Crippen LogP contribution in [-0.2, 0) is 4.74 Å². The van der Waals surface area contributed by atoms with Gasteiger partial charge in [0.2, 0.25) is 0 Å². The smallest absolute Gasteiger partial charge is 0.337 e. The Morgan fingerprint density at radius 3 is 3.15 bits per heavy atom. The fourth-order valence-corrected chi connectivity index (χ4v) is 1.10. The first kappa shape index (κ1) is 7.79. The Bertz CT molecular complexity index is 447. The standard InChI is InChI=1S/C9H7NO3/c1-12-9(11)6-2-3-8-7(4-6)10-5-13-8/h2-5H,1H3. The van der Waals surface area contributed by atoms with Gasteiger partial charge in [0.05, 0.1) is 12.7 Å². The number of carbonyl (C=O) groups is 1. The van der Waals surface area contributed by atoms with Crippen LogP contribution in [0.15, 0.2) is 29.0 Å². The highest BCUT2D eigenvalue weighted by molar-refractivity contribution is 5.93. The predicted molar refractivity (Wildman–Crippen MR) is 45.3 cm³/mol. The molecule has 66 valence electrons. The van der Waals surface area contributed by atoms with Gasteiger partial charge in [-0.15, -0.1) is 0 Å². The molecule has 0 aliphatic rings. The van der Waals surface area contributed by atoms with Gasteiger partial charge in [-0.2, -0.15) is 0 Å². The fraction of sp³-hybridized carbons (Fsp3) is 0.111. The average molecular weight is 177 g/mol. The van der Waals surface area contributed by atoms with E-state index in [0.717, 1.165) is 0 Å². The van der Waals surface area contributed by atoms with Crippen LogP contribution in [0, 0.1) is 0 Å². The first-order valence-electron chi connectivity index (χ1n) is 3.73. The SMILES string of the molecule is COC(=O)c1ccc2ocnc2c1. The van der Waals surface area contributed by atoms with Crippen molar-refractivity contribution in [2.45, 2.75) is 0 Å². The number of carbonyl (C=O) groups excluding carboxylic acids is 1. The first-order valence-corrected chi connectivity index (χ1v) is 3.73. The first-order chi connectivity index (χ1) is 6.31. The fourth-order valence-electron chi connectivity index (χ4n) is 1.10. The summed E-state index contributed by atoms with van der Waals surface area (Å²) in [6, 6.07) is 4.96. The molecule has 0 bridgehead atoms. The van der Waals surface area contributed by atoms with Crippen molar-refractivity contribution in [3.63, 3.8) is 0 Å². The summed E-state index contributed by atoms with van der Waals surface area (Å²) < 4.78 is 9.59. The van der Waals surface area contributed by atoms with E-state index in [9.17, 15) is 4.79 Å². The third-order valence-electron chi connectivity index (χ3n) is 1.75. The Morgan fingerprint density at radius 2 is 2.38 bits per heavy atom. The van der Waals surface area contributed by atoms with E-state index < -0.39 is 0 Å². The van der Waals surface area contributed by atoms with Gasteiger partial charge in [0.1, 0.15) is 5.52 Å². The molecule has 0 amide bonds. The Kier molecular flexibility index (Phi) is 1.73. The van der Waals surface area contributed by atoms with Crippen molar-refractivity contribution < 1.29 is 13.9 Å². The maximum Gasteiger partial charge on any atom is 0.337 e. The minimum absolute atomic E-state index is 0.370. The lowest BCUT2D eigenvalue weighted by Crippen LogP contribution is -2.00. The molecule has 4 heteroatoms. The summed E-state index contributed by atoms with van der Waals surface area (Å²) >= 11 is 0. The van der Waals surface area contributed by atoms with Gasteiger partial charge >= 0.3 is 5.97 Å². The Balaban J connectivity index is 2.54. The maximum atomic E-state index is 11.1. The van der Waals surface area contributed by atoms with Gasteiger partial charge < -0.3 is 9.15 Å². The normalized spacial score (nSPS) is 10.2. The number of oxazole rings is 1. The molecule has 1 aromatic carbocycles. The van der Waals surface area contributed by atoms with E-state index in [4.69, 9.17) is 4.42 Å². The Morgan fingerprint density at radius 1 is 1.54 bits per heavy atom. The predicted octanol–water partition coefficient (Wildman–Crippen LogP) is 1.61. The van der Waals surface area contributed by atoms with E-state index in [-0.39, 0.29) is 5.97 Å². The second kappa shape index (κ2) is 2.90. The van der Waals surface area contributed by atoms with E-state index in [1.807, 2.05) is 0 Å². The van der Waals surface area contributed by atoms with Gasteiger partial charge in [0.25, 0.3) is 0 Å². The van der Waals surface area contributed by atoms with Crippen LogP contribution in [0.4, 0.5) is 0 Å². The van der Waals surface area contributed by atoms with E-state index in [0.29, 0.717) is 16.7 Å². The van der Waals surface area contributed by atoms with Gasteiger partial charge in [0.15, 0.2) is 12.0 Å². The van der Waals surface area contributed by atoms with Crippen molar-refractivity contribution in [1.82, 2.24) is 4.98 Å². The third-order valence-corrected chi connectivity index (χ3v) is 1.75. The van der Waals surface area contributed by atoms with Crippen LogP contribution < -0.4 is 0 Å². The monoisotopic (exact) mass is 177 g/mol. The highest BCUT2D eigenvalue weighted by atomic mass is 16.5. The van der Waals surface area contributed by atoms with Crippen molar-refractivity contribution in [2.75, 3.05) is 7.11 Å². The molecule has 4 nitrogen and oxygen atoms in total. The molecule has 0 fully saturated rings. The zero-order chi connectivity index (χ0) is 9.26. The zero-order valence-electron chi connectivity index (χ0n) is 6.98. The number of rotatable bonds is 1. The van der Waals surface area contributed by atoms with Crippen LogP contribution in [0.3, 0.4) is 0 Å². The number of hydrogen-bond donors (Lipinski definition) is 0. The minimum atomic E-state index is -0.370. The van der Waals surface area contributed by atoms with Crippen LogP contribution in [0.25, 0.3) is 11.1 Å². The van der Waals surface area contributed by atoms with Crippen molar-refractivity contribution in [1.29, 1.82) is 0 Å². The molecule has 0 saturated heterocycles. The van der Waals surface area contributed by atoms with Gasteiger partial charge in [-0.1, -0.05) is 0 Å². The molecule has 1 heterocycles. The van der Waals surface area contributed by atoms with Crippen molar-refractivity contribution in [3.8, 4) is 0 Å². The molecule has 1 aromatic heterocycles. The highest BCUT2D eigenvalue weighted by Crippen LogP contribution is 2.14. The summed E-state index contributed by atoms with van der Waals surface area (Å²) in [5.41, 5.74) is 1.79. The summed E-state index contributed by atoms with van der Waals surface area (Å²) in [5.74, 6) is -0.370. The molecular formula is C9H7NO3. The number of hydrogen-bond acceptors (Lipinski definition) is 4. The molecule has 0 saturated carbocycles. The molecule has 0 unspecified atom stereocenters. The van der Waals surface area contributed by atoms with Crippen molar-refractivity contribution in [2.24, 2.45) is 0 Å². The lowest BCUT2D eigenvalue weighted by Gasteiger charge is -1.96. The number of fused-ring (bicyclic) bond motifs is 1. The summed E-state index contributed by atoms with van der Waals surface area (Å²) in [4.78, 5) is 15.0. The molecule has 2 aromatic rings. The van der Waals surface area contributed by atoms with Gasteiger partial charge in [0, 0.05) is 0 Å². The third kappa shape index (κ3) is 1.26. The Labute approximate surface area is 74.1 Å². The van der Waals surface area contributed by atoms with Gasteiger partial charge in [-0.05, 0) is 18.2 Å². The summed E-state index contributed by atoms with van der Waals surface area (Å²) in [5, 5.41) is 0. The second-order valence-electron chi connectivity index (χ2n) is 2.53. The number of aromatic nitrogens is 1. The van der Waals surface area contributed by atoms with Crippen molar-refractivity contribution >= 4 is 17.1 Å². The van der Waals surface area contributed by atoms with Crippen LogP contribution in [-0.4, -0.2) is 18.1 Å². The summed E-state index contributed by atoms with van der Waals surface area (Å²) in [7, 11) is 1.34. The van der Waals surface area contributed by atoms with Crippen molar-refractivity contribution in [3.05, 3.63) is 30.2 Å². The number of nitrogens with zero attached hydrogens (tertiary/aromatic N) is 1. The summed E-state index contributed by atoms with van der Waals surface area (Å²) in [6.07, 6.45) is 1.34. The van der Waals surface area contributed by atoms with Gasteiger partial charge in [-0.3, -0.25) is 0 Å². The largest absolute Gasteiger partial charge is 0.465 e. The zero-order valence-corrected chi connectivity index (χ0v) is 6.98. The molecule has 0 aliphatic heterocycles. The average Bonchev–Trinajstić information content (AvgIpc) is 2.63. The molecule has 0 aliphatic carbocycles. The molecule has 0 N–H and O–H groups in total. The van der Waals surface area contributed by atoms with Crippen LogP contribution in [0.5, 0.6) is 0 Å². The number of methoxy groups -OCH3 is 1. The van der Waals surface area contributed by atoms with E-state index in [2.05, 4.69) is 9.72 Å². The van der Waals surface area contributed by atoms with E-state index >= 15 is 0 Å². The maximum absolute atomic E-state index is 11.1. The van der Waals surface area contributed by atoms with E-state index in [1.54, 1.807) is 18.2 Å². The minimum Gasteiger partial charge on any atom is -0.465 e. The topological polar surface area (TPSA) is 52.3 Å². The lowest BCUT2D eigenvalue weighted by molar-refractivity contribution is 0.0601. The van der Waals surface area contributed by atoms with Crippen LogP contribution >= 0.6 is 0 Å². The van der Waals surface area contributed by atoms with E-state index in [1.165, 1.54) is 13.5 Å². The molecule has 0 radical (unpaired) electrons. The molecule has 0 atom stereocenters. The summed E-state index contributed by atoms with van der Waals surface area (Å²) in [6.45, 7) is 0. The molecular weight excluding hydrogens is 170 g/mol. The molecule has 2 rings (SSSR count). The number of esters is 1.